The second-order valence-electron chi connectivity index (χ2n) is 5.64. The lowest BCUT2D eigenvalue weighted by molar-refractivity contribution is -0.109. The van der Waals surface area contributed by atoms with Crippen LogP contribution in [0, 0.1) is 5.92 Å². The Morgan fingerprint density at radius 2 is 2.24 bits per heavy atom. The van der Waals surface area contributed by atoms with Crippen molar-refractivity contribution < 1.29 is 9.47 Å². The van der Waals surface area contributed by atoms with Crippen LogP contribution >= 0.6 is 23.8 Å². The SMILES string of the molecule is CCN1C(=S)NC2c3cc(Cl)cc(OC)c3OC1(C)C2C. The summed E-state index contributed by atoms with van der Waals surface area (Å²) in [5.74, 6) is 1.63. The average molecular weight is 327 g/mol. The molecule has 3 unspecified atom stereocenters. The zero-order chi connectivity index (χ0) is 15.4. The Morgan fingerprint density at radius 3 is 2.86 bits per heavy atom. The Labute approximate surface area is 135 Å². The second-order valence-corrected chi connectivity index (χ2v) is 6.47. The van der Waals surface area contributed by atoms with Gasteiger partial charge in [-0.3, -0.25) is 0 Å². The van der Waals surface area contributed by atoms with E-state index in [0.29, 0.717) is 15.9 Å². The van der Waals surface area contributed by atoms with Gasteiger partial charge in [-0.15, -0.1) is 0 Å². The van der Waals surface area contributed by atoms with E-state index < -0.39 is 5.72 Å². The van der Waals surface area contributed by atoms with Crippen molar-refractivity contribution in [1.82, 2.24) is 10.2 Å². The fraction of sp³-hybridized carbons (Fsp3) is 0.533. The summed E-state index contributed by atoms with van der Waals surface area (Å²) in [6.45, 7) is 7.10. The first-order chi connectivity index (χ1) is 9.92. The number of nitrogens with zero attached hydrogens (tertiary/aromatic N) is 1. The standard InChI is InChI=1S/C15H19ClN2O2S/c1-5-18-14(21)17-12-8(2)15(18,3)20-13-10(12)6-9(16)7-11(13)19-4/h6-8,12H,5H2,1-4H3,(H,17,21). The lowest BCUT2D eigenvalue weighted by Gasteiger charge is -2.56. The van der Waals surface area contributed by atoms with Crippen molar-refractivity contribution in [2.75, 3.05) is 13.7 Å². The van der Waals surface area contributed by atoms with Gasteiger partial charge in [0.1, 0.15) is 0 Å². The summed E-state index contributed by atoms with van der Waals surface area (Å²) in [6, 6.07) is 3.78. The molecule has 6 heteroatoms. The average Bonchev–Trinajstić information content (AvgIpc) is 2.43. The Kier molecular flexibility index (Phi) is 3.45. The van der Waals surface area contributed by atoms with Crippen molar-refractivity contribution in [3.8, 4) is 11.5 Å². The van der Waals surface area contributed by atoms with Crippen molar-refractivity contribution in [3.63, 3.8) is 0 Å². The molecule has 114 valence electrons. The maximum atomic E-state index is 6.37. The summed E-state index contributed by atoms with van der Waals surface area (Å²) < 4.78 is 11.8. The highest BCUT2D eigenvalue weighted by Crippen LogP contribution is 2.51. The first-order valence-corrected chi connectivity index (χ1v) is 7.85. The quantitative estimate of drug-likeness (QED) is 0.843. The Morgan fingerprint density at radius 1 is 1.52 bits per heavy atom. The van der Waals surface area contributed by atoms with Gasteiger partial charge in [0.2, 0.25) is 0 Å². The smallest absolute Gasteiger partial charge is 0.186 e. The van der Waals surface area contributed by atoms with Gasteiger partial charge in [-0.25, -0.2) is 0 Å². The summed E-state index contributed by atoms with van der Waals surface area (Å²) in [5.41, 5.74) is 0.512. The fourth-order valence-electron chi connectivity index (χ4n) is 3.33. The lowest BCUT2D eigenvalue weighted by Crippen LogP contribution is -2.68. The van der Waals surface area contributed by atoms with Crippen molar-refractivity contribution in [2.45, 2.75) is 32.5 Å². The van der Waals surface area contributed by atoms with E-state index in [0.717, 1.165) is 17.9 Å². The predicted molar refractivity (Wildman–Crippen MR) is 87.1 cm³/mol. The van der Waals surface area contributed by atoms with Crippen molar-refractivity contribution in [2.24, 2.45) is 5.92 Å². The molecule has 0 aliphatic carbocycles. The van der Waals surface area contributed by atoms with Crippen LogP contribution in [0.25, 0.3) is 0 Å². The van der Waals surface area contributed by atoms with Crippen LogP contribution in [0.2, 0.25) is 5.02 Å². The van der Waals surface area contributed by atoms with E-state index >= 15 is 0 Å². The molecule has 0 saturated carbocycles. The van der Waals surface area contributed by atoms with E-state index in [-0.39, 0.29) is 12.0 Å². The second kappa shape index (κ2) is 4.92. The van der Waals surface area contributed by atoms with E-state index in [1.54, 1.807) is 13.2 Å². The highest BCUT2D eigenvalue weighted by Gasteiger charge is 2.53. The number of hydrogen-bond acceptors (Lipinski definition) is 3. The first kappa shape index (κ1) is 14.7. The van der Waals surface area contributed by atoms with Gasteiger partial charge in [0.05, 0.1) is 13.2 Å². The van der Waals surface area contributed by atoms with Crippen LogP contribution in [-0.4, -0.2) is 29.4 Å². The number of halogens is 1. The third kappa shape index (κ3) is 1.98. The molecule has 4 nitrogen and oxygen atoms in total. The Hall–Kier alpha value is -1.20. The van der Waals surface area contributed by atoms with Crippen molar-refractivity contribution >= 4 is 28.9 Å². The predicted octanol–water partition coefficient (Wildman–Crippen LogP) is 3.34. The fourth-order valence-corrected chi connectivity index (χ4v) is 3.99. The summed E-state index contributed by atoms with van der Waals surface area (Å²) in [6.07, 6.45) is 0. The highest BCUT2D eigenvalue weighted by molar-refractivity contribution is 7.80. The first-order valence-electron chi connectivity index (χ1n) is 7.07. The third-order valence-electron chi connectivity index (χ3n) is 4.63. The van der Waals surface area contributed by atoms with Gasteiger partial charge < -0.3 is 19.7 Å². The molecular weight excluding hydrogens is 308 g/mol. The number of benzene rings is 1. The van der Waals surface area contributed by atoms with Gasteiger partial charge in [0, 0.05) is 29.1 Å². The number of thiocarbonyl (C=S) groups is 1. The van der Waals surface area contributed by atoms with Crippen LogP contribution in [0.5, 0.6) is 11.5 Å². The van der Waals surface area contributed by atoms with Gasteiger partial charge in [-0.05, 0) is 32.1 Å². The van der Waals surface area contributed by atoms with Crippen molar-refractivity contribution in [1.29, 1.82) is 0 Å². The summed E-state index contributed by atoms with van der Waals surface area (Å²) in [7, 11) is 1.63. The van der Waals surface area contributed by atoms with Crippen LogP contribution < -0.4 is 14.8 Å². The van der Waals surface area contributed by atoms with E-state index in [9.17, 15) is 0 Å². The third-order valence-corrected chi connectivity index (χ3v) is 5.19. The zero-order valence-electron chi connectivity index (χ0n) is 12.6. The topological polar surface area (TPSA) is 33.7 Å². The summed E-state index contributed by atoms with van der Waals surface area (Å²) in [4.78, 5) is 2.08. The molecule has 1 saturated heterocycles. The number of rotatable bonds is 2. The molecule has 2 aliphatic rings. The van der Waals surface area contributed by atoms with Crippen LogP contribution in [0.3, 0.4) is 0 Å². The van der Waals surface area contributed by atoms with E-state index in [2.05, 4.69) is 31.0 Å². The largest absolute Gasteiger partial charge is 0.493 e. The number of hydrogen-bond donors (Lipinski definition) is 1. The molecule has 2 heterocycles. The van der Waals surface area contributed by atoms with E-state index in [1.807, 2.05) is 6.07 Å². The molecule has 2 bridgehead atoms. The maximum Gasteiger partial charge on any atom is 0.186 e. The number of fused-ring (bicyclic) bond motifs is 4. The normalized spacial score (nSPS) is 30.3. The van der Waals surface area contributed by atoms with Crippen LogP contribution in [0.1, 0.15) is 32.4 Å². The van der Waals surface area contributed by atoms with E-state index in [1.165, 1.54) is 0 Å². The molecule has 2 aliphatic heterocycles. The minimum Gasteiger partial charge on any atom is -0.493 e. The van der Waals surface area contributed by atoms with Gasteiger partial charge in [-0.1, -0.05) is 18.5 Å². The molecule has 3 rings (SSSR count). The molecule has 0 amide bonds. The summed E-state index contributed by atoms with van der Waals surface area (Å²) in [5, 5.41) is 4.77. The molecule has 21 heavy (non-hydrogen) atoms. The summed E-state index contributed by atoms with van der Waals surface area (Å²) >= 11 is 11.7. The maximum absolute atomic E-state index is 6.37. The monoisotopic (exact) mass is 326 g/mol. The number of methoxy groups -OCH3 is 1. The zero-order valence-corrected chi connectivity index (χ0v) is 14.1. The molecule has 1 N–H and O–H groups in total. The highest BCUT2D eigenvalue weighted by atomic mass is 35.5. The molecule has 1 aromatic carbocycles. The minimum absolute atomic E-state index is 0.0710. The molecule has 1 aromatic rings. The minimum atomic E-state index is -0.490. The lowest BCUT2D eigenvalue weighted by atomic mass is 9.81. The van der Waals surface area contributed by atoms with Crippen molar-refractivity contribution in [3.05, 3.63) is 22.7 Å². The molecule has 0 spiro atoms. The molecule has 1 fully saturated rings. The van der Waals surface area contributed by atoms with Gasteiger partial charge in [-0.2, -0.15) is 0 Å². The van der Waals surface area contributed by atoms with Gasteiger partial charge in [0.25, 0.3) is 0 Å². The molecule has 0 aromatic heterocycles. The molecular formula is C15H19ClN2O2S. The van der Waals surface area contributed by atoms with Crippen LogP contribution in [0.4, 0.5) is 0 Å². The van der Waals surface area contributed by atoms with Gasteiger partial charge >= 0.3 is 0 Å². The molecule has 0 radical (unpaired) electrons. The van der Waals surface area contributed by atoms with Crippen LogP contribution in [-0.2, 0) is 0 Å². The van der Waals surface area contributed by atoms with Gasteiger partial charge in [0.15, 0.2) is 22.3 Å². The Balaban J connectivity index is 2.20. The molecule has 3 atom stereocenters. The van der Waals surface area contributed by atoms with Crippen LogP contribution in [0.15, 0.2) is 12.1 Å². The number of ether oxygens (including phenoxy) is 2. The van der Waals surface area contributed by atoms with E-state index in [4.69, 9.17) is 33.3 Å². The Bertz CT molecular complexity index is 610. The number of nitrogens with one attached hydrogen (secondary N) is 1.